The minimum atomic E-state index is -0.487. The van der Waals surface area contributed by atoms with Crippen LogP contribution in [-0.4, -0.2) is 67.2 Å². The largest absolute Gasteiger partial charge is 0.444 e. The van der Waals surface area contributed by atoms with Crippen molar-refractivity contribution in [3.63, 3.8) is 0 Å². The van der Waals surface area contributed by atoms with Gasteiger partial charge >= 0.3 is 6.09 Å². The molecule has 9 heteroatoms. The summed E-state index contributed by atoms with van der Waals surface area (Å²) in [5, 5.41) is 8.86. The number of rotatable bonds is 3. The maximum absolute atomic E-state index is 12.4. The lowest BCUT2D eigenvalue weighted by atomic mass is 10.0. The van der Waals surface area contributed by atoms with Crippen molar-refractivity contribution in [2.75, 3.05) is 31.1 Å². The Morgan fingerprint density at radius 1 is 0.943 bits per heavy atom. The fourth-order valence-electron chi connectivity index (χ4n) is 4.40. The van der Waals surface area contributed by atoms with Crippen LogP contribution < -0.4 is 4.90 Å². The highest BCUT2D eigenvalue weighted by Gasteiger charge is 2.26. The lowest BCUT2D eigenvalue weighted by molar-refractivity contribution is 0.0240. The van der Waals surface area contributed by atoms with E-state index in [1.54, 1.807) is 9.58 Å². The van der Waals surface area contributed by atoms with E-state index in [1.807, 2.05) is 63.3 Å². The Morgan fingerprint density at radius 3 is 2.34 bits per heavy atom. The number of anilines is 1. The van der Waals surface area contributed by atoms with Gasteiger partial charge in [0, 0.05) is 74.1 Å². The summed E-state index contributed by atoms with van der Waals surface area (Å²) in [4.78, 5) is 21.1. The molecule has 1 fully saturated rings. The highest BCUT2D eigenvalue weighted by molar-refractivity contribution is 5.86. The molecule has 1 aliphatic heterocycles. The molecule has 5 heterocycles. The molecule has 0 saturated carbocycles. The Balaban J connectivity index is 1.37. The molecule has 0 spiro atoms. The molecular formula is C26H31N7O2. The second-order valence-electron chi connectivity index (χ2n) is 10.0. The number of fused-ring (bicyclic) bond motifs is 1. The zero-order valence-electron chi connectivity index (χ0n) is 20.9. The van der Waals surface area contributed by atoms with E-state index in [2.05, 4.69) is 40.2 Å². The Hall–Kier alpha value is -3.88. The van der Waals surface area contributed by atoms with Crippen LogP contribution in [0.5, 0.6) is 0 Å². The number of ether oxygens (including phenoxy) is 1. The molecule has 0 radical (unpaired) electrons. The SMILES string of the molecule is Cc1cnn2cc(-c3cnn(C)c3)cc(-c3ccc(N4CCN(C(=O)OC(C)(C)C)CC4)nc3)c12. The predicted molar refractivity (Wildman–Crippen MR) is 135 cm³/mol. The summed E-state index contributed by atoms with van der Waals surface area (Å²) in [6.07, 6.45) is 9.45. The van der Waals surface area contributed by atoms with Gasteiger partial charge in [-0.25, -0.2) is 14.3 Å². The van der Waals surface area contributed by atoms with Gasteiger partial charge in [0.2, 0.25) is 0 Å². The number of amides is 1. The van der Waals surface area contributed by atoms with Crippen LogP contribution in [0.25, 0.3) is 27.8 Å². The summed E-state index contributed by atoms with van der Waals surface area (Å²) in [5.41, 5.74) is 5.88. The molecule has 0 unspecified atom stereocenters. The van der Waals surface area contributed by atoms with Crippen LogP contribution in [0.1, 0.15) is 26.3 Å². The van der Waals surface area contributed by atoms with Gasteiger partial charge in [0.25, 0.3) is 0 Å². The molecule has 4 aromatic rings. The molecule has 4 aromatic heterocycles. The molecule has 182 valence electrons. The lowest BCUT2D eigenvalue weighted by Gasteiger charge is -2.36. The number of carbonyl (C=O) groups is 1. The van der Waals surface area contributed by atoms with E-state index in [9.17, 15) is 4.79 Å². The van der Waals surface area contributed by atoms with Crippen molar-refractivity contribution in [3.05, 3.63) is 54.7 Å². The van der Waals surface area contributed by atoms with Crippen molar-refractivity contribution >= 4 is 17.4 Å². The van der Waals surface area contributed by atoms with Crippen LogP contribution in [-0.2, 0) is 11.8 Å². The van der Waals surface area contributed by atoms with Crippen LogP contribution in [0.4, 0.5) is 10.6 Å². The third-order valence-corrected chi connectivity index (χ3v) is 6.15. The van der Waals surface area contributed by atoms with E-state index in [0.29, 0.717) is 26.2 Å². The number of nitrogens with zero attached hydrogens (tertiary/aromatic N) is 7. The zero-order valence-corrected chi connectivity index (χ0v) is 20.9. The average molecular weight is 474 g/mol. The van der Waals surface area contributed by atoms with Gasteiger partial charge in [-0.3, -0.25) is 4.68 Å². The molecule has 0 bridgehead atoms. The fraction of sp³-hybridized carbons (Fsp3) is 0.385. The molecular weight excluding hydrogens is 442 g/mol. The number of pyridine rings is 2. The number of carbonyl (C=O) groups excluding carboxylic acids is 1. The van der Waals surface area contributed by atoms with Crippen molar-refractivity contribution < 1.29 is 9.53 Å². The van der Waals surface area contributed by atoms with Crippen LogP contribution in [0.3, 0.4) is 0 Å². The summed E-state index contributed by atoms with van der Waals surface area (Å²) in [5.74, 6) is 0.905. The summed E-state index contributed by atoms with van der Waals surface area (Å²) in [6.45, 7) is 10.4. The fourth-order valence-corrected chi connectivity index (χ4v) is 4.40. The first kappa shape index (κ1) is 22.9. The van der Waals surface area contributed by atoms with E-state index < -0.39 is 5.60 Å². The van der Waals surface area contributed by atoms with Gasteiger partial charge in [-0.2, -0.15) is 10.2 Å². The van der Waals surface area contributed by atoms with Gasteiger partial charge in [0.05, 0.1) is 17.9 Å². The van der Waals surface area contributed by atoms with Gasteiger partial charge in [-0.05, 0) is 51.5 Å². The first-order valence-electron chi connectivity index (χ1n) is 11.8. The van der Waals surface area contributed by atoms with Crippen molar-refractivity contribution in [2.24, 2.45) is 7.05 Å². The molecule has 35 heavy (non-hydrogen) atoms. The Labute approximate surface area is 204 Å². The van der Waals surface area contributed by atoms with Crippen molar-refractivity contribution in [1.82, 2.24) is 29.3 Å². The van der Waals surface area contributed by atoms with Crippen LogP contribution in [0.15, 0.2) is 49.2 Å². The van der Waals surface area contributed by atoms with E-state index in [-0.39, 0.29) is 6.09 Å². The maximum Gasteiger partial charge on any atom is 0.410 e. The van der Waals surface area contributed by atoms with E-state index >= 15 is 0 Å². The lowest BCUT2D eigenvalue weighted by Crippen LogP contribution is -2.50. The average Bonchev–Trinajstić information content (AvgIpc) is 3.43. The standard InChI is InChI=1S/C26H31N7O2/c1-18-13-29-33-17-20(21-15-28-30(5)16-21)12-22(24(18)33)19-6-7-23(27-14-19)31-8-10-32(11-9-31)25(34)35-26(2,3)4/h6-7,12-17H,8-11H2,1-5H3. The predicted octanol–water partition coefficient (Wildman–Crippen LogP) is 4.16. The number of aryl methyl sites for hydroxylation is 2. The molecule has 5 rings (SSSR count). The second-order valence-corrected chi connectivity index (χ2v) is 10.0. The second kappa shape index (κ2) is 8.72. The molecule has 0 atom stereocenters. The number of piperazine rings is 1. The number of hydrogen-bond donors (Lipinski definition) is 0. The van der Waals surface area contributed by atoms with Crippen molar-refractivity contribution in [2.45, 2.75) is 33.3 Å². The van der Waals surface area contributed by atoms with E-state index in [1.165, 1.54) is 0 Å². The summed E-state index contributed by atoms with van der Waals surface area (Å²) in [6, 6.07) is 6.34. The van der Waals surface area contributed by atoms with Gasteiger partial charge in [-0.15, -0.1) is 0 Å². The molecule has 0 N–H and O–H groups in total. The van der Waals surface area contributed by atoms with Gasteiger partial charge < -0.3 is 14.5 Å². The molecule has 1 amide bonds. The summed E-state index contributed by atoms with van der Waals surface area (Å²) < 4.78 is 9.23. The van der Waals surface area contributed by atoms with Gasteiger partial charge in [0.1, 0.15) is 11.4 Å². The molecule has 0 aromatic carbocycles. The van der Waals surface area contributed by atoms with Crippen molar-refractivity contribution in [3.8, 4) is 22.3 Å². The zero-order chi connectivity index (χ0) is 24.7. The summed E-state index contributed by atoms with van der Waals surface area (Å²) in [7, 11) is 1.91. The third kappa shape index (κ3) is 4.71. The normalized spacial score (nSPS) is 14.5. The van der Waals surface area contributed by atoms with Gasteiger partial charge in [0.15, 0.2) is 0 Å². The summed E-state index contributed by atoms with van der Waals surface area (Å²) >= 11 is 0. The molecule has 1 saturated heterocycles. The van der Waals surface area contributed by atoms with Crippen molar-refractivity contribution in [1.29, 1.82) is 0 Å². The topological polar surface area (TPSA) is 80.8 Å². The minimum Gasteiger partial charge on any atom is -0.444 e. The highest BCUT2D eigenvalue weighted by atomic mass is 16.6. The number of hydrogen-bond acceptors (Lipinski definition) is 6. The Kier molecular flexibility index (Phi) is 5.70. The monoisotopic (exact) mass is 473 g/mol. The van der Waals surface area contributed by atoms with E-state index in [4.69, 9.17) is 9.72 Å². The number of aromatic nitrogens is 5. The van der Waals surface area contributed by atoms with E-state index in [0.717, 1.165) is 39.2 Å². The van der Waals surface area contributed by atoms with Crippen LogP contribution in [0, 0.1) is 6.92 Å². The van der Waals surface area contributed by atoms with Crippen LogP contribution >= 0.6 is 0 Å². The quantitative estimate of drug-likeness (QED) is 0.444. The first-order chi connectivity index (χ1) is 16.7. The molecule has 9 nitrogen and oxygen atoms in total. The molecule has 0 aliphatic carbocycles. The first-order valence-corrected chi connectivity index (χ1v) is 11.8. The Bertz CT molecular complexity index is 1360. The third-order valence-electron chi connectivity index (χ3n) is 6.15. The highest BCUT2D eigenvalue weighted by Crippen LogP contribution is 2.32. The maximum atomic E-state index is 12.4. The van der Waals surface area contributed by atoms with Gasteiger partial charge in [-0.1, -0.05) is 0 Å². The van der Waals surface area contributed by atoms with Crippen LogP contribution in [0.2, 0.25) is 0 Å². The smallest absolute Gasteiger partial charge is 0.410 e. The Morgan fingerprint density at radius 2 is 1.71 bits per heavy atom. The molecule has 1 aliphatic rings. The minimum absolute atomic E-state index is 0.255.